The molecule has 106 valence electrons. The molecule has 0 fully saturated rings. The molecule has 0 aromatic heterocycles. The zero-order chi connectivity index (χ0) is 14.5. The number of aryl methyl sites for hydroxylation is 1. The summed E-state index contributed by atoms with van der Waals surface area (Å²) in [5.74, 6) is 0.861. The van der Waals surface area contributed by atoms with Gasteiger partial charge in [0.15, 0.2) is 0 Å². The van der Waals surface area contributed by atoms with Crippen LogP contribution in [0, 0.1) is 6.92 Å². The van der Waals surface area contributed by atoms with Crippen molar-refractivity contribution in [2.45, 2.75) is 30.0 Å². The largest absolute Gasteiger partial charge is 0.497 e. The molecule has 0 aliphatic carbocycles. The number of ether oxygens (including phenoxy) is 1. The summed E-state index contributed by atoms with van der Waals surface area (Å²) in [6.07, 6.45) is 0. The van der Waals surface area contributed by atoms with Crippen LogP contribution in [0.3, 0.4) is 0 Å². The summed E-state index contributed by atoms with van der Waals surface area (Å²) < 4.78 is 5.17. The summed E-state index contributed by atoms with van der Waals surface area (Å²) in [5, 5.41) is 0.310. The van der Waals surface area contributed by atoms with E-state index >= 15 is 0 Å². The lowest BCUT2D eigenvalue weighted by Crippen LogP contribution is -2.20. The summed E-state index contributed by atoms with van der Waals surface area (Å²) in [5.41, 5.74) is 8.77. The molecule has 2 aromatic carbocycles. The first-order valence-corrected chi connectivity index (χ1v) is 7.61. The van der Waals surface area contributed by atoms with Gasteiger partial charge in [0, 0.05) is 16.2 Å². The van der Waals surface area contributed by atoms with Gasteiger partial charge in [-0.3, -0.25) is 0 Å². The first kappa shape index (κ1) is 14.9. The standard InChI is InChI=1S/C17H21NOS/c1-12-5-4-6-16(11-12)20-13(2)17(18)14-7-9-15(19-3)10-8-14/h4-11,13,17H,18H2,1-3H3. The number of thioether (sulfide) groups is 1. The first-order valence-electron chi connectivity index (χ1n) is 6.73. The van der Waals surface area contributed by atoms with Crippen LogP contribution in [0.15, 0.2) is 53.4 Å². The van der Waals surface area contributed by atoms with Gasteiger partial charge in [-0.25, -0.2) is 0 Å². The molecule has 3 heteroatoms. The molecule has 0 saturated heterocycles. The van der Waals surface area contributed by atoms with Crippen LogP contribution in [0.25, 0.3) is 0 Å². The molecule has 2 atom stereocenters. The summed E-state index contributed by atoms with van der Waals surface area (Å²) in [6, 6.07) is 16.5. The van der Waals surface area contributed by atoms with Crippen LogP contribution in [0.4, 0.5) is 0 Å². The molecule has 2 rings (SSSR count). The lowest BCUT2D eigenvalue weighted by Gasteiger charge is -2.20. The van der Waals surface area contributed by atoms with E-state index in [1.165, 1.54) is 10.5 Å². The Bertz CT molecular complexity index is 553. The number of nitrogens with two attached hydrogens (primary N) is 1. The van der Waals surface area contributed by atoms with Crippen molar-refractivity contribution in [2.24, 2.45) is 5.73 Å². The van der Waals surface area contributed by atoms with Crippen LogP contribution in [0.2, 0.25) is 0 Å². The Hall–Kier alpha value is -1.45. The van der Waals surface area contributed by atoms with E-state index in [4.69, 9.17) is 10.5 Å². The highest BCUT2D eigenvalue weighted by atomic mass is 32.2. The predicted molar refractivity (Wildman–Crippen MR) is 86.4 cm³/mol. The Labute approximate surface area is 125 Å². The molecule has 0 amide bonds. The maximum absolute atomic E-state index is 6.35. The molecule has 0 spiro atoms. The van der Waals surface area contributed by atoms with Crippen LogP contribution >= 0.6 is 11.8 Å². The molecule has 0 bridgehead atoms. The highest BCUT2D eigenvalue weighted by Crippen LogP contribution is 2.31. The Balaban J connectivity index is 2.05. The van der Waals surface area contributed by atoms with Crippen LogP contribution in [-0.2, 0) is 0 Å². The van der Waals surface area contributed by atoms with Gasteiger partial charge in [-0.05, 0) is 36.8 Å². The van der Waals surface area contributed by atoms with E-state index in [0.717, 1.165) is 11.3 Å². The topological polar surface area (TPSA) is 35.2 Å². The van der Waals surface area contributed by atoms with Gasteiger partial charge in [-0.2, -0.15) is 0 Å². The zero-order valence-corrected chi connectivity index (χ0v) is 13.0. The lowest BCUT2D eigenvalue weighted by atomic mass is 10.1. The van der Waals surface area contributed by atoms with Gasteiger partial charge in [0.1, 0.15) is 5.75 Å². The smallest absolute Gasteiger partial charge is 0.118 e. The second-order valence-corrected chi connectivity index (χ2v) is 6.39. The molecule has 0 radical (unpaired) electrons. The van der Waals surface area contributed by atoms with E-state index in [0.29, 0.717) is 5.25 Å². The fraction of sp³-hybridized carbons (Fsp3) is 0.294. The van der Waals surface area contributed by atoms with Crippen molar-refractivity contribution in [1.29, 1.82) is 0 Å². The van der Waals surface area contributed by atoms with Crippen molar-refractivity contribution in [2.75, 3.05) is 7.11 Å². The molecule has 2 nitrogen and oxygen atoms in total. The summed E-state index contributed by atoms with van der Waals surface area (Å²) in [6.45, 7) is 4.28. The van der Waals surface area contributed by atoms with Gasteiger partial charge >= 0.3 is 0 Å². The highest BCUT2D eigenvalue weighted by molar-refractivity contribution is 8.00. The van der Waals surface area contributed by atoms with E-state index < -0.39 is 0 Å². The van der Waals surface area contributed by atoms with E-state index in [1.54, 1.807) is 7.11 Å². The minimum Gasteiger partial charge on any atom is -0.497 e. The van der Waals surface area contributed by atoms with Gasteiger partial charge in [0.2, 0.25) is 0 Å². The van der Waals surface area contributed by atoms with Crippen LogP contribution in [-0.4, -0.2) is 12.4 Å². The average Bonchev–Trinajstić information content (AvgIpc) is 2.46. The molecule has 2 aromatic rings. The number of hydrogen-bond donors (Lipinski definition) is 1. The van der Waals surface area contributed by atoms with E-state index in [9.17, 15) is 0 Å². The Morgan fingerprint density at radius 3 is 2.40 bits per heavy atom. The first-order chi connectivity index (χ1) is 9.60. The molecular weight excluding hydrogens is 266 g/mol. The highest BCUT2D eigenvalue weighted by Gasteiger charge is 2.16. The second-order valence-electron chi connectivity index (χ2n) is 4.94. The third-order valence-electron chi connectivity index (χ3n) is 3.32. The summed E-state index contributed by atoms with van der Waals surface area (Å²) in [4.78, 5) is 1.27. The molecule has 2 unspecified atom stereocenters. The van der Waals surface area contributed by atoms with E-state index in [1.807, 2.05) is 36.0 Å². The number of benzene rings is 2. The van der Waals surface area contributed by atoms with Crippen molar-refractivity contribution >= 4 is 11.8 Å². The number of methoxy groups -OCH3 is 1. The van der Waals surface area contributed by atoms with Gasteiger partial charge in [-0.15, -0.1) is 11.8 Å². The van der Waals surface area contributed by atoms with Crippen molar-refractivity contribution < 1.29 is 4.74 Å². The third kappa shape index (κ3) is 3.78. The Kier molecular flexibility index (Phi) is 5.10. The molecule has 0 heterocycles. The molecule has 0 aliphatic heterocycles. The van der Waals surface area contributed by atoms with Crippen molar-refractivity contribution in [3.8, 4) is 5.75 Å². The molecule has 0 aliphatic rings. The fourth-order valence-electron chi connectivity index (χ4n) is 2.07. The van der Waals surface area contributed by atoms with Crippen LogP contribution in [0.5, 0.6) is 5.75 Å². The maximum Gasteiger partial charge on any atom is 0.118 e. The molecule has 0 saturated carbocycles. The SMILES string of the molecule is COc1ccc(C(N)C(C)Sc2cccc(C)c2)cc1. The van der Waals surface area contributed by atoms with Gasteiger partial charge < -0.3 is 10.5 Å². The third-order valence-corrected chi connectivity index (χ3v) is 4.51. The monoisotopic (exact) mass is 287 g/mol. The molecule has 2 N–H and O–H groups in total. The summed E-state index contributed by atoms with van der Waals surface area (Å²) in [7, 11) is 1.67. The normalized spacial score (nSPS) is 13.8. The predicted octanol–water partition coefficient (Wildman–Crippen LogP) is 4.18. The van der Waals surface area contributed by atoms with Gasteiger partial charge in [-0.1, -0.05) is 36.8 Å². The van der Waals surface area contributed by atoms with E-state index in [2.05, 4.69) is 38.1 Å². The Morgan fingerprint density at radius 2 is 1.80 bits per heavy atom. The van der Waals surface area contributed by atoms with Gasteiger partial charge in [0.05, 0.1) is 7.11 Å². The van der Waals surface area contributed by atoms with Crippen LogP contribution < -0.4 is 10.5 Å². The molecule has 20 heavy (non-hydrogen) atoms. The second kappa shape index (κ2) is 6.82. The quantitative estimate of drug-likeness (QED) is 0.838. The minimum absolute atomic E-state index is 0.00594. The number of rotatable bonds is 5. The minimum atomic E-state index is 0.00594. The maximum atomic E-state index is 6.35. The fourth-order valence-corrected chi connectivity index (χ4v) is 3.22. The van der Waals surface area contributed by atoms with Crippen molar-refractivity contribution in [3.63, 3.8) is 0 Å². The van der Waals surface area contributed by atoms with E-state index in [-0.39, 0.29) is 6.04 Å². The number of hydrogen-bond acceptors (Lipinski definition) is 3. The van der Waals surface area contributed by atoms with Crippen molar-refractivity contribution in [1.82, 2.24) is 0 Å². The summed E-state index contributed by atoms with van der Waals surface area (Å²) >= 11 is 1.81. The molecular formula is C17H21NOS. The van der Waals surface area contributed by atoms with Gasteiger partial charge in [0.25, 0.3) is 0 Å². The zero-order valence-electron chi connectivity index (χ0n) is 12.2. The lowest BCUT2D eigenvalue weighted by molar-refractivity contribution is 0.414. The van der Waals surface area contributed by atoms with Crippen LogP contribution in [0.1, 0.15) is 24.1 Å². The Morgan fingerprint density at radius 1 is 1.10 bits per heavy atom. The van der Waals surface area contributed by atoms with Crippen molar-refractivity contribution in [3.05, 3.63) is 59.7 Å². The average molecular weight is 287 g/mol.